The minimum Gasteiger partial charge on any atom is -0.480 e. The summed E-state index contributed by atoms with van der Waals surface area (Å²) < 4.78 is 1.04. The minimum atomic E-state index is -0.761. The van der Waals surface area contributed by atoms with E-state index in [1.165, 1.54) is 11.1 Å². The molecule has 0 radical (unpaired) electrons. The Bertz CT molecular complexity index is 404. The summed E-state index contributed by atoms with van der Waals surface area (Å²) in [5.74, 6) is -0.761. The highest BCUT2D eigenvalue weighted by molar-refractivity contribution is 9.10. The Labute approximate surface area is 111 Å². The van der Waals surface area contributed by atoms with E-state index in [9.17, 15) is 4.79 Å². The van der Waals surface area contributed by atoms with Gasteiger partial charge in [0.15, 0.2) is 0 Å². The van der Waals surface area contributed by atoms with Gasteiger partial charge in [-0.05, 0) is 57.1 Å². The normalized spacial score (nSPS) is 12.8. The van der Waals surface area contributed by atoms with Crippen molar-refractivity contribution in [2.24, 2.45) is 0 Å². The van der Waals surface area contributed by atoms with Gasteiger partial charge in [0.25, 0.3) is 0 Å². The number of carboxylic acids is 1. The molecule has 0 bridgehead atoms. The lowest BCUT2D eigenvalue weighted by Gasteiger charge is -2.20. The van der Waals surface area contributed by atoms with Gasteiger partial charge in [-0.3, -0.25) is 9.69 Å². The Morgan fingerprint density at radius 3 is 2.65 bits per heavy atom. The zero-order chi connectivity index (χ0) is 13.0. The summed E-state index contributed by atoms with van der Waals surface area (Å²) in [4.78, 5) is 12.8. The summed E-state index contributed by atoms with van der Waals surface area (Å²) in [5, 5.41) is 9.09. The third-order valence-electron chi connectivity index (χ3n) is 2.91. The van der Waals surface area contributed by atoms with Crippen LogP contribution in [0.15, 0.2) is 22.7 Å². The maximum absolute atomic E-state index is 11.1. The van der Waals surface area contributed by atoms with Gasteiger partial charge >= 0.3 is 5.97 Å². The third-order valence-corrected chi connectivity index (χ3v) is 3.40. The largest absolute Gasteiger partial charge is 0.480 e. The lowest BCUT2D eigenvalue weighted by Crippen LogP contribution is -2.36. The Hall–Kier alpha value is -0.870. The number of aliphatic carboxylic acids is 1. The quantitative estimate of drug-likeness (QED) is 0.909. The van der Waals surface area contributed by atoms with Crippen LogP contribution < -0.4 is 0 Å². The fraction of sp³-hybridized carbons (Fsp3) is 0.462. The van der Waals surface area contributed by atoms with Crippen molar-refractivity contribution in [1.82, 2.24) is 4.90 Å². The van der Waals surface area contributed by atoms with Gasteiger partial charge < -0.3 is 5.11 Å². The maximum atomic E-state index is 11.1. The van der Waals surface area contributed by atoms with Gasteiger partial charge in [0, 0.05) is 4.47 Å². The summed E-state index contributed by atoms with van der Waals surface area (Å²) in [6.07, 6.45) is 1.40. The Balaban J connectivity index is 2.72. The molecule has 0 aliphatic heterocycles. The zero-order valence-electron chi connectivity index (χ0n) is 10.4. The van der Waals surface area contributed by atoms with Crippen molar-refractivity contribution < 1.29 is 9.90 Å². The summed E-state index contributed by atoms with van der Waals surface area (Å²) in [5.41, 5.74) is 2.41. The topological polar surface area (TPSA) is 40.5 Å². The molecule has 0 fully saturated rings. The van der Waals surface area contributed by atoms with E-state index < -0.39 is 12.0 Å². The fourth-order valence-corrected chi connectivity index (χ4v) is 2.21. The molecule has 0 amide bonds. The molecule has 1 aromatic rings. The van der Waals surface area contributed by atoms with Crippen LogP contribution >= 0.6 is 15.9 Å². The van der Waals surface area contributed by atoms with E-state index in [1.807, 2.05) is 19.1 Å². The molecule has 0 spiro atoms. The number of rotatable bonds is 5. The highest BCUT2D eigenvalue weighted by Crippen LogP contribution is 2.18. The van der Waals surface area contributed by atoms with Crippen molar-refractivity contribution in [3.8, 4) is 0 Å². The molecule has 4 heteroatoms. The van der Waals surface area contributed by atoms with Crippen molar-refractivity contribution in [1.29, 1.82) is 0 Å². The number of halogens is 1. The van der Waals surface area contributed by atoms with Gasteiger partial charge in [-0.2, -0.15) is 0 Å². The Kier molecular flexibility index (Phi) is 5.15. The standard InChI is InChI=1S/C13H18BrNO2/c1-9-4-6-11(14)8-10(9)5-7-12(13(16)17)15(2)3/h4,6,8,12H,5,7H2,1-3H3,(H,16,17). The maximum Gasteiger partial charge on any atom is 0.320 e. The lowest BCUT2D eigenvalue weighted by atomic mass is 10.0. The van der Waals surface area contributed by atoms with Crippen molar-refractivity contribution in [2.75, 3.05) is 14.1 Å². The van der Waals surface area contributed by atoms with Crippen molar-refractivity contribution in [3.63, 3.8) is 0 Å². The van der Waals surface area contributed by atoms with Gasteiger partial charge in [-0.1, -0.05) is 22.0 Å². The molecule has 0 aromatic heterocycles. The summed E-state index contributed by atoms with van der Waals surface area (Å²) in [6.45, 7) is 2.05. The van der Waals surface area contributed by atoms with Crippen LogP contribution in [0.4, 0.5) is 0 Å². The van der Waals surface area contributed by atoms with Crippen molar-refractivity contribution in [2.45, 2.75) is 25.8 Å². The predicted octanol–water partition coefficient (Wildman–Crippen LogP) is 2.70. The zero-order valence-corrected chi connectivity index (χ0v) is 12.0. The van der Waals surface area contributed by atoms with E-state index in [1.54, 1.807) is 19.0 Å². The van der Waals surface area contributed by atoms with Gasteiger partial charge in [-0.15, -0.1) is 0 Å². The van der Waals surface area contributed by atoms with Gasteiger partial charge in [0.1, 0.15) is 6.04 Å². The van der Waals surface area contributed by atoms with E-state index in [0.717, 1.165) is 10.9 Å². The molecule has 0 aliphatic carbocycles. The fourth-order valence-electron chi connectivity index (χ4n) is 1.80. The number of hydrogen-bond donors (Lipinski definition) is 1. The van der Waals surface area contributed by atoms with Crippen LogP contribution in [-0.4, -0.2) is 36.1 Å². The first-order valence-electron chi connectivity index (χ1n) is 5.56. The predicted molar refractivity (Wildman–Crippen MR) is 72.3 cm³/mol. The molecule has 0 saturated carbocycles. The molecule has 1 rings (SSSR count). The number of aryl methyl sites for hydroxylation is 2. The van der Waals surface area contributed by atoms with Crippen LogP contribution in [0.2, 0.25) is 0 Å². The molecule has 0 aliphatic rings. The summed E-state index contributed by atoms with van der Waals surface area (Å²) >= 11 is 3.43. The van der Waals surface area contributed by atoms with Crippen LogP contribution in [0.3, 0.4) is 0 Å². The molecular formula is C13H18BrNO2. The van der Waals surface area contributed by atoms with Crippen LogP contribution in [0.5, 0.6) is 0 Å². The van der Waals surface area contributed by atoms with Gasteiger partial charge in [-0.25, -0.2) is 0 Å². The van der Waals surface area contributed by atoms with E-state index in [-0.39, 0.29) is 0 Å². The molecule has 17 heavy (non-hydrogen) atoms. The minimum absolute atomic E-state index is 0.423. The van der Waals surface area contributed by atoms with E-state index >= 15 is 0 Å². The molecule has 0 saturated heterocycles. The number of likely N-dealkylation sites (N-methyl/N-ethyl adjacent to an activating group) is 1. The number of hydrogen-bond acceptors (Lipinski definition) is 2. The van der Waals surface area contributed by atoms with Crippen LogP contribution in [-0.2, 0) is 11.2 Å². The molecule has 1 atom stereocenters. The Morgan fingerprint density at radius 2 is 2.12 bits per heavy atom. The average Bonchev–Trinajstić information content (AvgIpc) is 2.22. The number of carboxylic acid groups (broad SMARTS) is 1. The molecule has 1 aromatic carbocycles. The smallest absolute Gasteiger partial charge is 0.320 e. The average molecular weight is 300 g/mol. The van der Waals surface area contributed by atoms with Gasteiger partial charge in [0.05, 0.1) is 0 Å². The first kappa shape index (κ1) is 14.2. The number of benzene rings is 1. The third kappa shape index (κ3) is 4.13. The van der Waals surface area contributed by atoms with Crippen LogP contribution in [0.25, 0.3) is 0 Å². The molecule has 1 unspecified atom stereocenters. The second-order valence-electron chi connectivity index (χ2n) is 4.43. The second-order valence-corrected chi connectivity index (χ2v) is 5.34. The van der Waals surface area contributed by atoms with Crippen molar-refractivity contribution >= 4 is 21.9 Å². The summed E-state index contributed by atoms with van der Waals surface area (Å²) in [7, 11) is 3.60. The van der Waals surface area contributed by atoms with Gasteiger partial charge in [0.2, 0.25) is 0 Å². The van der Waals surface area contributed by atoms with Crippen LogP contribution in [0, 0.1) is 6.92 Å². The first-order valence-corrected chi connectivity index (χ1v) is 6.35. The van der Waals surface area contributed by atoms with E-state index in [0.29, 0.717) is 6.42 Å². The highest BCUT2D eigenvalue weighted by Gasteiger charge is 2.19. The second kappa shape index (κ2) is 6.17. The molecule has 3 nitrogen and oxygen atoms in total. The lowest BCUT2D eigenvalue weighted by molar-refractivity contribution is -0.142. The van der Waals surface area contributed by atoms with E-state index in [4.69, 9.17) is 5.11 Å². The summed E-state index contributed by atoms with van der Waals surface area (Å²) in [6, 6.07) is 5.68. The molecule has 0 heterocycles. The van der Waals surface area contributed by atoms with E-state index in [2.05, 4.69) is 22.0 Å². The highest BCUT2D eigenvalue weighted by atomic mass is 79.9. The number of carbonyl (C=O) groups is 1. The number of nitrogens with zero attached hydrogens (tertiary/aromatic N) is 1. The monoisotopic (exact) mass is 299 g/mol. The molecular weight excluding hydrogens is 282 g/mol. The Morgan fingerprint density at radius 1 is 1.47 bits per heavy atom. The SMILES string of the molecule is Cc1ccc(Br)cc1CCC(C(=O)O)N(C)C. The molecule has 1 N–H and O–H groups in total. The van der Waals surface area contributed by atoms with Crippen molar-refractivity contribution in [3.05, 3.63) is 33.8 Å². The van der Waals surface area contributed by atoms with Crippen LogP contribution in [0.1, 0.15) is 17.5 Å². The first-order chi connectivity index (χ1) is 7.91. The molecule has 94 valence electrons.